The quantitative estimate of drug-likeness (QED) is 0.870. The number of hydrogen-bond donors (Lipinski definition) is 2. The van der Waals surface area contributed by atoms with Crippen LogP contribution in [0.2, 0.25) is 0 Å². The van der Waals surface area contributed by atoms with Gasteiger partial charge in [-0.2, -0.15) is 0 Å². The van der Waals surface area contributed by atoms with Crippen LogP contribution in [0.4, 0.5) is 5.69 Å². The van der Waals surface area contributed by atoms with Gasteiger partial charge < -0.3 is 5.32 Å². The molecule has 1 aliphatic carbocycles. The number of nitrogens with one attached hydrogen (secondary N) is 2. The predicted octanol–water partition coefficient (Wildman–Crippen LogP) is 3.06. The van der Waals surface area contributed by atoms with Crippen LogP contribution in [0.1, 0.15) is 33.6 Å². The van der Waals surface area contributed by atoms with Crippen LogP contribution in [0, 0.1) is 13.8 Å². The number of thiophene rings is 1. The van der Waals surface area contributed by atoms with Crippen LogP contribution in [0.5, 0.6) is 0 Å². The first kappa shape index (κ1) is 16.2. The summed E-state index contributed by atoms with van der Waals surface area (Å²) in [5.41, 5.74) is 2.74. The molecule has 0 saturated heterocycles. The summed E-state index contributed by atoms with van der Waals surface area (Å²) in [5.74, 6) is -0.402. The fourth-order valence-electron chi connectivity index (χ4n) is 2.39. The van der Waals surface area contributed by atoms with E-state index in [0.717, 1.165) is 35.3 Å². The Morgan fingerprint density at radius 1 is 1.17 bits per heavy atom. The van der Waals surface area contributed by atoms with Crippen molar-refractivity contribution in [3.63, 3.8) is 0 Å². The second-order valence-corrected chi connectivity index (χ2v) is 8.44. The monoisotopic (exact) mass is 350 g/mol. The molecule has 1 heterocycles. The SMILES string of the molecule is Cc1cc(C)cc(NC(=O)c2sccc2S(=O)(=O)NC2CC2)c1. The average molecular weight is 350 g/mol. The highest BCUT2D eigenvalue weighted by Crippen LogP contribution is 2.27. The third kappa shape index (κ3) is 3.80. The first-order chi connectivity index (χ1) is 10.8. The van der Waals surface area contributed by atoms with Gasteiger partial charge in [-0.25, -0.2) is 13.1 Å². The molecule has 0 radical (unpaired) electrons. The fraction of sp³-hybridized carbons (Fsp3) is 0.312. The van der Waals surface area contributed by atoms with Gasteiger partial charge in [0, 0.05) is 11.7 Å². The second kappa shape index (κ2) is 6.07. The molecule has 0 aliphatic heterocycles. The van der Waals surface area contributed by atoms with Gasteiger partial charge in [-0.3, -0.25) is 4.79 Å². The number of amides is 1. The zero-order valence-corrected chi connectivity index (χ0v) is 14.6. The minimum atomic E-state index is -3.64. The van der Waals surface area contributed by atoms with E-state index in [1.165, 1.54) is 6.07 Å². The number of sulfonamides is 1. The molecule has 0 unspecified atom stereocenters. The molecule has 122 valence electrons. The van der Waals surface area contributed by atoms with Crippen molar-refractivity contribution < 1.29 is 13.2 Å². The lowest BCUT2D eigenvalue weighted by Crippen LogP contribution is -2.27. The third-order valence-corrected chi connectivity index (χ3v) is 6.11. The number of rotatable bonds is 5. The summed E-state index contributed by atoms with van der Waals surface area (Å²) < 4.78 is 27.3. The van der Waals surface area contributed by atoms with E-state index in [4.69, 9.17) is 0 Å². The Labute approximate surface area is 139 Å². The first-order valence-corrected chi connectivity index (χ1v) is 9.71. The summed E-state index contributed by atoms with van der Waals surface area (Å²) in [5, 5.41) is 4.41. The minimum absolute atomic E-state index is 0.00948. The normalized spacial score (nSPS) is 14.7. The molecule has 1 amide bonds. The van der Waals surface area contributed by atoms with Gasteiger partial charge in [0.05, 0.1) is 0 Å². The van der Waals surface area contributed by atoms with Gasteiger partial charge in [-0.05, 0) is 61.4 Å². The van der Waals surface area contributed by atoms with Crippen molar-refractivity contribution in [3.8, 4) is 0 Å². The molecule has 7 heteroatoms. The number of aryl methyl sites for hydroxylation is 2. The molecule has 2 N–H and O–H groups in total. The molecule has 1 aromatic carbocycles. The van der Waals surface area contributed by atoms with E-state index < -0.39 is 15.9 Å². The molecule has 0 atom stereocenters. The first-order valence-electron chi connectivity index (χ1n) is 7.34. The lowest BCUT2D eigenvalue weighted by molar-refractivity contribution is 0.102. The zero-order chi connectivity index (χ0) is 16.6. The number of carbonyl (C=O) groups excluding carboxylic acids is 1. The third-order valence-electron chi connectivity index (χ3n) is 3.50. The maximum atomic E-state index is 12.5. The highest BCUT2D eigenvalue weighted by molar-refractivity contribution is 7.89. The summed E-state index contributed by atoms with van der Waals surface area (Å²) in [6.07, 6.45) is 1.71. The number of anilines is 1. The van der Waals surface area contributed by atoms with Crippen molar-refractivity contribution in [2.45, 2.75) is 37.6 Å². The second-order valence-electron chi connectivity index (χ2n) is 5.84. The van der Waals surface area contributed by atoms with Crippen molar-refractivity contribution in [3.05, 3.63) is 45.6 Å². The fourth-order valence-corrected chi connectivity index (χ4v) is 5.02. The van der Waals surface area contributed by atoms with Crippen LogP contribution in [0.25, 0.3) is 0 Å². The predicted molar refractivity (Wildman–Crippen MR) is 91.5 cm³/mol. The summed E-state index contributed by atoms with van der Waals surface area (Å²) in [4.78, 5) is 12.7. The zero-order valence-electron chi connectivity index (χ0n) is 12.9. The Kier molecular flexibility index (Phi) is 4.27. The number of carbonyl (C=O) groups is 1. The average Bonchev–Trinajstić information content (AvgIpc) is 3.08. The van der Waals surface area contributed by atoms with Gasteiger partial charge in [-0.15, -0.1) is 11.3 Å². The maximum Gasteiger partial charge on any atom is 0.267 e. The van der Waals surface area contributed by atoms with Crippen LogP contribution in [0.3, 0.4) is 0 Å². The van der Waals surface area contributed by atoms with Crippen LogP contribution in [0.15, 0.2) is 34.5 Å². The van der Waals surface area contributed by atoms with Gasteiger partial charge in [-0.1, -0.05) is 6.07 Å². The minimum Gasteiger partial charge on any atom is -0.321 e. The molecule has 1 fully saturated rings. The molecule has 0 spiro atoms. The van der Waals surface area contributed by atoms with Crippen LogP contribution < -0.4 is 10.0 Å². The van der Waals surface area contributed by atoms with E-state index in [2.05, 4.69) is 10.0 Å². The number of benzene rings is 1. The van der Waals surface area contributed by atoms with Crippen molar-refractivity contribution in [2.24, 2.45) is 0 Å². The molecule has 23 heavy (non-hydrogen) atoms. The van der Waals surface area contributed by atoms with E-state index >= 15 is 0 Å². The van der Waals surface area contributed by atoms with E-state index in [-0.39, 0.29) is 15.8 Å². The van der Waals surface area contributed by atoms with E-state index in [1.54, 1.807) is 5.38 Å². The summed E-state index contributed by atoms with van der Waals surface area (Å²) in [7, 11) is -3.64. The Morgan fingerprint density at radius 2 is 1.83 bits per heavy atom. The molecule has 5 nitrogen and oxygen atoms in total. The van der Waals surface area contributed by atoms with Gasteiger partial charge in [0.1, 0.15) is 9.77 Å². The standard InChI is InChI=1S/C16H18N2O3S2/c1-10-7-11(2)9-13(8-10)17-16(19)15-14(5-6-22-15)23(20,21)18-12-3-4-12/h5-9,12,18H,3-4H2,1-2H3,(H,17,19). The molecule has 2 aromatic rings. The molecular weight excluding hydrogens is 332 g/mol. The van der Waals surface area contributed by atoms with Crippen LogP contribution >= 0.6 is 11.3 Å². The largest absolute Gasteiger partial charge is 0.321 e. The van der Waals surface area contributed by atoms with E-state index in [0.29, 0.717) is 5.69 Å². The molecule has 0 bridgehead atoms. The van der Waals surface area contributed by atoms with E-state index in [1.807, 2.05) is 32.0 Å². The summed E-state index contributed by atoms with van der Waals surface area (Å²) >= 11 is 1.13. The molecule has 1 aliphatic rings. The van der Waals surface area contributed by atoms with Crippen molar-refractivity contribution >= 4 is 33.0 Å². The van der Waals surface area contributed by atoms with Gasteiger partial charge >= 0.3 is 0 Å². The Morgan fingerprint density at radius 3 is 2.43 bits per heavy atom. The van der Waals surface area contributed by atoms with Crippen LogP contribution in [-0.4, -0.2) is 20.4 Å². The summed E-state index contributed by atoms with van der Waals surface area (Å²) in [6.45, 7) is 3.90. The van der Waals surface area contributed by atoms with Crippen molar-refractivity contribution in [2.75, 3.05) is 5.32 Å². The highest BCUT2D eigenvalue weighted by Gasteiger charge is 2.31. The highest BCUT2D eigenvalue weighted by atomic mass is 32.2. The lowest BCUT2D eigenvalue weighted by Gasteiger charge is -2.09. The van der Waals surface area contributed by atoms with Gasteiger partial charge in [0.25, 0.3) is 5.91 Å². The number of hydrogen-bond acceptors (Lipinski definition) is 4. The Bertz CT molecular complexity index is 832. The van der Waals surface area contributed by atoms with Crippen molar-refractivity contribution in [1.82, 2.24) is 4.72 Å². The Balaban J connectivity index is 1.84. The summed E-state index contributed by atoms with van der Waals surface area (Å²) in [6, 6.07) is 7.21. The van der Waals surface area contributed by atoms with E-state index in [9.17, 15) is 13.2 Å². The van der Waals surface area contributed by atoms with Gasteiger partial charge in [0.2, 0.25) is 10.0 Å². The van der Waals surface area contributed by atoms with Gasteiger partial charge in [0.15, 0.2) is 0 Å². The van der Waals surface area contributed by atoms with Crippen LogP contribution in [-0.2, 0) is 10.0 Å². The topological polar surface area (TPSA) is 75.3 Å². The van der Waals surface area contributed by atoms with Crippen molar-refractivity contribution in [1.29, 1.82) is 0 Å². The lowest BCUT2D eigenvalue weighted by atomic mass is 10.1. The molecule has 1 aromatic heterocycles. The molecule has 3 rings (SSSR count). The smallest absolute Gasteiger partial charge is 0.267 e. The Hall–Kier alpha value is -1.70. The maximum absolute atomic E-state index is 12.5. The molecular formula is C16H18N2O3S2. The molecule has 1 saturated carbocycles.